The zero-order valence-electron chi connectivity index (χ0n) is 15.2. The van der Waals surface area contributed by atoms with Gasteiger partial charge in [-0.15, -0.1) is 0 Å². The lowest BCUT2D eigenvalue weighted by molar-refractivity contribution is -0.0572. The van der Waals surface area contributed by atoms with E-state index in [2.05, 4.69) is 4.90 Å². The Bertz CT molecular complexity index is 664. The van der Waals surface area contributed by atoms with Gasteiger partial charge in [-0.3, -0.25) is 4.90 Å². The summed E-state index contributed by atoms with van der Waals surface area (Å²) in [6.07, 6.45) is 0.290. The third kappa shape index (κ3) is 5.73. The fraction of sp³-hybridized carbons (Fsp3) is 0.429. The predicted octanol–water partition coefficient (Wildman–Crippen LogP) is 2.38. The van der Waals surface area contributed by atoms with Crippen LogP contribution in [0.2, 0.25) is 0 Å². The Balaban J connectivity index is 1.44. The highest BCUT2D eigenvalue weighted by Crippen LogP contribution is 2.19. The Kier molecular flexibility index (Phi) is 6.89. The van der Waals surface area contributed by atoms with Crippen LogP contribution in [0.4, 0.5) is 0 Å². The summed E-state index contributed by atoms with van der Waals surface area (Å²) in [7, 11) is 1.64. The summed E-state index contributed by atoms with van der Waals surface area (Å²) in [5.74, 6) is 1.55. The van der Waals surface area contributed by atoms with Gasteiger partial charge in [0.2, 0.25) is 0 Å². The van der Waals surface area contributed by atoms with Gasteiger partial charge in [0.1, 0.15) is 24.2 Å². The molecule has 0 aromatic heterocycles. The van der Waals surface area contributed by atoms with Crippen LogP contribution >= 0.6 is 0 Å². The van der Waals surface area contributed by atoms with Crippen molar-refractivity contribution in [1.29, 1.82) is 0 Å². The van der Waals surface area contributed by atoms with E-state index in [4.69, 9.17) is 14.2 Å². The van der Waals surface area contributed by atoms with Crippen molar-refractivity contribution in [3.63, 3.8) is 0 Å². The Morgan fingerprint density at radius 1 is 1.15 bits per heavy atom. The number of aliphatic hydroxyl groups excluding tert-OH is 1. The Hall–Kier alpha value is -2.08. The monoisotopic (exact) mass is 357 g/mol. The molecule has 2 aromatic carbocycles. The van der Waals surface area contributed by atoms with E-state index in [0.717, 1.165) is 30.2 Å². The van der Waals surface area contributed by atoms with Gasteiger partial charge in [0.15, 0.2) is 0 Å². The number of β-amino-alcohol motifs (C(OH)–C–C–N with tert-alkyl or cyclic N) is 1. The largest absolute Gasteiger partial charge is 0.497 e. The van der Waals surface area contributed by atoms with Gasteiger partial charge in [0.25, 0.3) is 0 Å². The van der Waals surface area contributed by atoms with Gasteiger partial charge in [-0.1, -0.05) is 36.4 Å². The van der Waals surface area contributed by atoms with Crippen LogP contribution in [0.5, 0.6) is 11.5 Å². The molecule has 0 aliphatic carbocycles. The second-order valence-electron chi connectivity index (χ2n) is 6.59. The van der Waals surface area contributed by atoms with Crippen LogP contribution in [0, 0.1) is 0 Å². The average molecular weight is 357 g/mol. The lowest BCUT2D eigenvalue weighted by Crippen LogP contribution is -2.47. The van der Waals surface area contributed by atoms with Crippen LogP contribution in [0.1, 0.15) is 5.56 Å². The van der Waals surface area contributed by atoms with E-state index in [-0.39, 0.29) is 12.2 Å². The Morgan fingerprint density at radius 3 is 2.77 bits per heavy atom. The first-order chi connectivity index (χ1) is 12.7. The maximum Gasteiger partial charge on any atom is 0.123 e. The highest BCUT2D eigenvalue weighted by molar-refractivity contribution is 5.32. The molecular weight excluding hydrogens is 330 g/mol. The van der Waals surface area contributed by atoms with Crippen molar-refractivity contribution in [2.75, 3.05) is 40.0 Å². The highest BCUT2D eigenvalue weighted by atomic mass is 16.5. The summed E-state index contributed by atoms with van der Waals surface area (Å²) in [5, 5.41) is 10.4. The third-order valence-electron chi connectivity index (χ3n) is 4.48. The molecule has 3 rings (SSSR count). The minimum atomic E-state index is -0.379. The molecule has 1 aliphatic heterocycles. The number of benzene rings is 2. The van der Waals surface area contributed by atoms with Crippen molar-refractivity contribution < 1.29 is 19.3 Å². The van der Waals surface area contributed by atoms with Crippen LogP contribution in [0.25, 0.3) is 0 Å². The van der Waals surface area contributed by atoms with Gasteiger partial charge in [0.05, 0.1) is 19.8 Å². The Morgan fingerprint density at radius 2 is 1.96 bits per heavy atom. The van der Waals surface area contributed by atoms with E-state index in [1.165, 1.54) is 0 Å². The van der Waals surface area contributed by atoms with Crippen molar-refractivity contribution in [1.82, 2.24) is 4.90 Å². The van der Waals surface area contributed by atoms with E-state index in [1.54, 1.807) is 7.11 Å². The van der Waals surface area contributed by atoms with Gasteiger partial charge < -0.3 is 19.3 Å². The van der Waals surface area contributed by atoms with Crippen molar-refractivity contribution >= 4 is 0 Å². The van der Waals surface area contributed by atoms with E-state index in [9.17, 15) is 5.11 Å². The van der Waals surface area contributed by atoms with Gasteiger partial charge in [0, 0.05) is 25.7 Å². The predicted molar refractivity (Wildman–Crippen MR) is 101 cm³/mol. The SMILES string of the molecule is COc1cccc(OCC2CN(CC(O)Cc3ccccc3)CCO2)c1. The molecule has 26 heavy (non-hydrogen) atoms. The molecule has 1 heterocycles. The molecule has 140 valence electrons. The molecule has 1 fully saturated rings. The lowest BCUT2D eigenvalue weighted by Gasteiger charge is -2.34. The number of rotatable bonds is 8. The minimum absolute atomic E-state index is 0.00104. The van der Waals surface area contributed by atoms with Crippen molar-refractivity contribution in [3.05, 3.63) is 60.2 Å². The summed E-state index contributed by atoms with van der Waals surface area (Å²) in [6.45, 7) is 3.38. The average Bonchev–Trinajstić information content (AvgIpc) is 2.67. The van der Waals surface area contributed by atoms with Gasteiger partial charge in [-0.25, -0.2) is 0 Å². The summed E-state index contributed by atoms with van der Waals surface area (Å²) in [6, 6.07) is 17.7. The van der Waals surface area contributed by atoms with Crippen LogP contribution in [0.3, 0.4) is 0 Å². The summed E-state index contributed by atoms with van der Waals surface area (Å²) in [5.41, 5.74) is 1.16. The standard InChI is InChI=1S/C21H27NO4/c1-24-19-8-5-9-20(13-19)26-16-21-15-22(10-11-25-21)14-18(23)12-17-6-3-2-4-7-17/h2-9,13,18,21,23H,10-12,14-16H2,1H3. The topological polar surface area (TPSA) is 51.2 Å². The smallest absolute Gasteiger partial charge is 0.123 e. The lowest BCUT2D eigenvalue weighted by atomic mass is 10.1. The third-order valence-corrected chi connectivity index (χ3v) is 4.48. The minimum Gasteiger partial charge on any atom is -0.497 e. The molecule has 1 saturated heterocycles. The van der Waals surface area contributed by atoms with Crippen molar-refractivity contribution in [2.24, 2.45) is 0 Å². The van der Waals surface area contributed by atoms with E-state index in [0.29, 0.717) is 26.2 Å². The first kappa shape index (κ1) is 18.7. The fourth-order valence-electron chi connectivity index (χ4n) is 3.18. The number of ether oxygens (including phenoxy) is 3. The molecule has 0 bridgehead atoms. The van der Waals surface area contributed by atoms with E-state index in [1.807, 2.05) is 54.6 Å². The molecule has 0 saturated carbocycles. The number of hydrogen-bond acceptors (Lipinski definition) is 5. The second-order valence-corrected chi connectivity index (χ2v) is 6.59. The van der Waals surface area contributed by atoms with Crippen LogP contribution in [-0.2, 0) is 11.2 Å². The molecular formula is C21H27NO4. The van der Waals surface area contributed by atoms with Crippen molar-refractivity contribution in [3.8, 4) is 11.5 Å². The summed E-state index contributed by atoms with van der Waals surface area (Å²) in [4.78, 5) is 2.25. The molecule has 0 radical (unpaired) electrons. The van der Waals surface area contributed by atoms with Gasteiger partial charge >= 0.3 is 0 Å². The second kappa shape index (κ2) is 9.57. The number of morpholine rings is 1. The maximum atomic E-state index is 10.4. The number of hydrogen-bond donors (Lipinski definition) is 1. The van der Waals surface area contributed by atoms with E-state index >= 15 is 0 Å². The zero-order chi connectivity index (χ0) is 18.2. The quantitative estimate of drug-likeness (QED) is 0.786. The summed E-state index contributed by atoms with van der Waals surface area (Å²) < 4.78 is 16.9. The van der Waals surface area contributed by atoms with Crippen LogP contribution < -0.4 is 9.47 Å². The normalized spacial score (nSPS) is 19.1. The molecule has 0 amide bonds. The number of methoxy groups -OCH3 is 1. The molecule has 0 spiro atoms. The molecule has 1 N–H and O–H groups in total. The van der Waals surface area contributed by atoms with Crippen LogP contribution in [-0.4, -0.2) is 62.2 Å². The zero-order valence-corrected chi connectivity index (χ0v) is 15.2. The molecule has 2 atom stereocenters. The van der Waals surface area contributed by atoms with Gasteiger partial charge in [-0.05, 0) is 24.1 Å². The summed E-state index contributed by atoms with van der Waals surface area (Å²) >= 11 is 0. The molecule has 5 heteroatoms. The number of aliphatic hydroxyl groups is 1. The number of nitrogens with zero attached hydrogens (tertiary/aromatic N) is 1. The van der Waals surface area contributed by atoms with Crippen molar-refractivity contribution in [2.45, 2.75) is 18.6 Å². The van der Waals surface area contributed by atoms with Gasteiger partial charge in [-0.2, -0.15) is 0 Å². The fourth-order valence-corrected chi connectivity index (χ4v) is 3.18. The molecule has 5 nitrogen and oxygen atoms in total. The molecule has 2 unspecified atom stereocenters. The molecule has 2 aromatic rings. The first-order valence-electron chi connectivity index (χ1n) is 9.06. The van der Waals surface area contributed by atoms with E-state index < -0.39 is 0 Å². The highest BCUT2D eigenvalue weighted by Gasteiger charge is 2.23. The molecule has 1 aliphatic rings. The first-order valence-corrected chi connectivity index (χ1v) is 9.06. The Labute approximate surface area is 155 Å². The maximum absolute atomic E-state index is 10.4. The van der Waals surface area contributed by atoms with Crippen LogP contribution in [0.15, 0.2) is 54.6 Å².